The summed E-state index contributed by atoms with van der Waals surface area (Å²) in [5.74, 6) is 0.254. The van der Waals surface area contributed by atoms with Crippen molar-refractivity contribution in [1.29, 1.82) is 0 Å². The Morgan fingerprint density at radius 2 is 2.00 bits per heavy atom. The van der Waals surface area contributed by atoms with E-state index in [4.69, 9.17) is 4.74 Å². The number of halogens is 1. The smallest absolute Gasteiger partial charge is 0.309 e. The van der Waals surface area contributed by atoms with Gasteiger partial charge in [-0.25, -0.2) is 0 Å². The molecule has 0 saturated heterocycles. The predicted octanol–water partition coefficient (Wildman–Crippen LogP) is 3.90. The van der Waals surface area contributed by atoms with Gasteiger partial charge in [0.2, 0.25) is 0 Å². The summed E-state index contributed by atoms with van der Waals surface area (Å²) < 4.78 is 6.03. The maximum Gasteiger partial charge on any atom is 0.309 e. The van der Waals surface area contributed by atoms with Crippen molar-refractivity contribution in [2.24, 2.45) is 5.92 Å². The molecule has 0 N–H and O–H groups in total. The average molecular weight is 297 g/mol. The van der Waals surface area contributed by atoms with Gasteiger partial charge in [-0.3, -0.25) is 4.79 Å². The molecule has 1 fully saturated rings. The van der Waals surface area contributed by atoms with Crippen LogP contribution in [0.15, 0.2) is 28.7 Å². The predicted molar refractivity (Wildman–Crippen MR) is 70.9 cm³/mol. The first-order valence-electron chi connectivity index (χ1n) is 6.06. The van der Waals surface area contributed by atoms with Crippen LogP contribution in [0.25, 0.3) is 0 Å². The Hall–Kier alpha value is -0.830. The molecule has 0 heterocycles. The van der Waals surface area contributed by atoms with Crippen molar-refractivity contribution in [3.05, 3.63) is 34.3 Å². The first-order chi connectivity index (χ1) is 8.24. The van der Waals surface area contributed by atoms with E-state index >= 15 is 0 Å². The van der Waals surface area contributed by atoms with E-state index in [0.717, 1.165) is 23.7 Å². The van der Waals surface area contributed by atoms with Crippen LogP contribution in [0.3, 0.4) is 0 Å². The topological polar surface area (TPSA) is 26.3 Å². The lowest BCUT2D eigenvalue weighted by Crippen LogP contribution is -2.27. The van der Waals surface area contributed by atoms with Crippen LogP contribution in [-0.4, -0.2) is 13.1 Å². The van der Waals surface area contributed by atoms with Gasteiger partial charge < -0.3 is 4.74 Å². The van der Waals surface area contributed by atoms with E-state index < -0.39 is 0 Å². The Morgan fingerprint density at radius 3 is 2.71 bits per heavy atom. The highest BCUT2D eigenvalue weighted by Gasteiger charge is 2.33. The minimum Gasteiger partial charge on any atom is -0.469 e. The number of benzene rings is 1. The molecule has 3 heteroatoms. The molecule has 92 valence electrons. The fourth-order valence-electron chi connectivity index (χ4n) is 2.71. The first-order valence-corrected chi connectivity index (χ1v) is 6.85. The van der Waals surface area contributed by atoms with Crippen LogP contribution < -0.4 is 0 Å². The standard InChI is InChI=1S/C14H17BrO2/c1-17-14(16)12-8-3-2-6-10(12)11-7-4-5-9-13(11)15/h4-5,7,9-10,12H,2-3,6,8H2,1H3. The van der Waals surface area contributed by atoms with Crippen molar-refractivity contribution in [3.8, 4) is 0 Å². The quantitative estimate of drug-likeness (QED) is 0.774. The van der Waals surface area contributed by atoms with Gasteiger partial charge in [0.1, 0.15) is 0 Å². The number of hydrogen-bond acceptors (Lipinski definition) is 2. The minimum absolute atomic E-state index is 0.0208. The Morgan fingerprint density at radius 1 is 1.29 bits per heavy atom. The molecule has 17 heavy (non-hydrogen) atoms. The maximum absolute atomic E-state index is 11.8. The zero-order chi connectivity index (χ0) is 12.3. The monoisotopic (exact) mass is 296 g/mol. The van der Waals surface area contributed by atoms with Crippen LogP contribution in [0.1, 0.15) is 37.2 Å². The van der Waals surface area contributed by atoms with E-state index in [0.29, 0.717) is 5.92 Å². The number of carbonyl (C=O) groups is 1. The normalized spacial score (nSPS) is 24.4. The highest BCUT2D eigenvalue weighted by atomic mass is 79.9. The van der Waals surface area contributed by atoms with Gasteiger partial charge >= 0.3 is 5.97 Å². The second-order valence-electron chi connectivity index (χ2n) is 4.54. The number of ether oxygens (including phenoxy) is 1. The molecule has 0 bridgehead atoms. The lowest BCUT2D eigenvalue weighted by atomic mass is 9.75. The van der Waals surface area contributed by atoms with Gasteiger partial charge in [0, 0.05) is 4.47 Å². The maximum atomic E-state index is 11.8. The van der Waals surface area contributed by atoms with E-state index in [1.165, 1.54) is 19.1 Å². The summed E-state index contributed by atoms with van der Waals surface area (Å²) in [6.45, 7) is 0. The lowest BCUT2D eigenvalue weighted by Gasteiger charge is -2.30. The van der Waals surface area contributed by atoms with E-state index in [1.54, 1.807) is 0 Å². The van der Waals surface area contributed by atoms with Crippen molar-refractivity contribution in [3.63, 3.8) is 0 Å². The Balaban J connectivity index is 2.28. The van der Waals surface area contributed by atoms with Crippen LogP contribution in [0.4, 0.5) is 0 Å². The molecule has 0 aromatic heterocycles. The number of rotatable bonds is 2. The molecule has 1 aliphatic rings. The number of hydrogen-bond donors (Lipinski definition) is 0. The van der Waals surface area contributed by atoms with Gasteiger partial charge in [-0.05, 0) is 30.4 Å². The highest BCUT2D eigenvalue weighted by molar-refractivity contribution is 9.10. The van der Waals surface area contributed by atoms with Crippen molar-refractivity contribution in [1.82, 2.24) is 0 Å². The van der Waals surface area contributed by atoms with Gasteiger partial charge in [-0.15, -0.1) is 0 Å². The third-order valence-electron chi connectivity index (χ3n) is 3.57. The third kappa shape index (κ3) is 2.71. The summed E-state index contributed by atoms with van der Waals surface area (Å²) in [7, 11) is 1.48. The molecular weight excluding hydrogens is 280 g/mol. The van der Waals surface area contributed by atoms with Crippen molar-refractivity contribution in [2.45, 2.75) is 31.6 Å². The molecule has 2 unspecified atom stereocenters. The van der Waals surface area contributed by atoms with E-state index in [2.05, 4.69) is 22.0 Å². The fraction of sp³-hybridized carbons (Fsp3) is 0.500. The molecule has 1 aromatic carbocycles. The summed E-state index contributed by atoms with van der Waals surface area (Å²) in [5, 5.41) is 0. The molecule has 1 aliphatic carbocycles. The second kappa shape index (κ2) is 5.67. The molecule has 0 spiro atoms. The van der Waals surface area contributed by atoms with Gasteiger partial charge in [-0.2, -0.15) is 0 Å². The molecule has 2 rings (SSSR count). The number of methoxy groups -OCH3 is 1. The summed E-state index contributed by atoms with van der Waals surface area (Å²) in [4.78, 5) is 11.8. The highest BCUT2D eigenvalue weighted by Crippen LogP contribution is 2.40. The van der Waals surface area contributed by atoms with Crippen molar-refractivity contribution >= 4 is 21.9 Å². The van der Waals surface area contributed by atoms with Gasteiger partial charge in [0.05, 0.1) is 13.0 Å². The Bertz CT molecular complexity index is 403. The SMILES string of the molecule is COC(=O)C1CCCCC1c1ccccc1Br. The van der Waals surface area contributed by atoms with Gasteiger partial charge in [0.15, 0.2) is 0 Å². The number of carbonyl (C=O) groups excluding carboxylic acids is 1. The van der Waals surface area contributed by atoms with Crippen LogP contribution in [-0.2, 0) is 9.53 Å². The molecule has 0 radical (unpaired) electrons. The lowest BCUT2D eigenvalue weighted by molar-refractivity contribution is -0.147. The zero-order valence-corrected chi connectivity index (χ0v) is 11.6. The molecule has 0 amide bonds. The minimum atomic E-state index is -0.0644. The van der Waals surface area contributed by atoms with E-state index in [9.17, 15) is 4.79 Å². The zero-order valence-electron chi connectivity index (χ0n) is 9.99. The first kappa shape index (κ1) is 12.6. The number of esters is 1. The van der Waals surface area contributed by atoms with Crippen LogP contribution in [0.5, 0.6) is 0 Å². The Labute approximate surface area is 110 Å². The summed E-state index contributed by atoms with van der Waals surface area (Å²) in [6.07, 6.45) is 4.33. The van der Waals surface area contributed by atoms with Crippen molar-refractivity contribution < 1.29 is 9.53 Å². The van der Waals surface area contributed by atoms with Gasteiger partial charge in [0.25, 0.3) is 0 Å². The van der Waals surface area contributed by atoms with E-state index in [-0.39, 0.29) is 11.9 Å². The Kier molecular flexibility index (Phi) is 4.21. The van der Waals surface area contributed by atoms with E-state index in [1.807, 2.05) is 18.2 Å². The molecular formula is C14H17BrO2. The summed E-state index contributed by atoms with van der Waals surface area (Å²) >= 11 is 3.58. The largest absolute Gasteiger partial charge is 0.469 e. The second-order valence-corrected chi connectivity index (χ2v) is 5.40. The third-order valence-corrected chi connectivity index (χ3v) is 4.30. The van der Waals surface area contributed by atoms with Crippen molar-refractivity contribution in [2.75, 3.05) is 7.11 Å². The summed E-state index contributed by atoms with van der Waals surface area (Å²) in [6, 6.07) is 8.18. The van der Waals surface area contributed by atoms with Gasteiger partial charge in [-0.1, -0.05) is 47.0 Å². The van der Waals surface area contributed by atoms with Crippen LogP contribution >= 0.6 is 15.9 Å². The molecule has 0 aliphatic heterocycles. The fourth-order valence-corrected chi connectivity index (χ4v) is 3.29. The van der Waals surface area contributed by atoms with Crippen LogP contribution in [0.2, 0.25) is 0 Å². The summed E-state index contributed by atoms with van der Waals surface area (Å²) in [5.41, 5.74) is 1.24. The molecule has 1 saturated carbocycles. The molecule has 2 nitrogen and oxygen atoms in total. The average Bonchev–Trinajstić information content (AvgIpc) is 2.38. The van der Waals surface area contributed by atoms with Crippen LogP contribution in [0, 0.1) is 5.92 Å². The molecule has 2 atom stereocenters. The molecule has 1 aromatic rings.